The van der Waals surface area contributed by atoms with E-state index in [2.05, 4.69) is 24.1 Å². The summed E-state index contributed by atoms with van der Waals surface area (Å²) in [5.41, 5.74) is -0.499. The van der Waals surface area contributed by atoms with Crippen LogP contribution in [0.15, 0.2) is 0 Å². The van der Waals surface area contributed by atoms with Crippen molar-refractivity contribution in [3.8, 4) is 0 Å². The molecule has 2 N–H and O–H groups in total. The van der Waals surface area contributed by atoms with Gasteiger partial charge < -0.3 is 15.3 Å². The zero-order valence-electron chi connectivity index (χ0n) is 13.0. The summed E-state index contributed by atoms with van der Waals surface area (Å²) in [4.78, 5) is 27.0. The Bertz CT molecular complexity index is 358. The molecule has 0 aromatic rings. The lowest BCUT2D eigenvalue weighted by atomic mass is 9.98. The molecule has 1 saturated heterocycles. The standard InChI is InChI=1S/C14H27N3O3/c1-5-16-8-9-17(10-11(16)2)13(20)15-14(3,4)7-6-12(18)19/h11H,5-10H2,1-4H3,(H,15,20)(H,18,19). The lowest BCUT2D eigenvalue weighted by molar-refractivity contribution is -0.137. The van der Waals surface area contributed by atoms with E-state index in [1.54, 1.807) is 0 Å². The fraction of sp³-hybridized carbons (Fsp3) is 0.857. The van der Waals surface area contributed by atoms with Crippen molar-refractivity contribution in [3.63, 3.8) is 0 Å². The van der Waals surface area contributed by atoms with Gasteiger partial charge in [0.05, 0.1) is 0 Å². The number of amides is 2. The molecule has 1 atom stereocenters. The topological polar surface area (TPSA) is 72.9 Å². The predicted molar refractivity (Wildman–Crippen MR) is 77.8 cm³/mol. The van der Waals surface area contributed by atoms with E-state index in [9.17, 15) is 9.59 Å². The fourth-order valence-electron chi connectivity index (χ4n) is 2.50. The molecule has 0 aromatic carbocycles. The van der Waals surface area contributed by atoms with Crippen LogP contribution in [0.1, 0.15) is 40.5 Å². The first-order valence-corrected chi connectivity index (χ1v) is 7.28. The van der Waals surface area contributed by atoms with E-state index in [1.165, 1.54) is 0 Å². The Balaban J connectivity index is 2.48. The maximum absolute atomic E-state index is 12.2. The third-order valence-corrected chi connectivity index (χ3v) is 3.87. The SMILES string of the molecule is CCN1CCN(C(=O)NC(C)(C)CCC(=O)O)CC1C. The maximum Gasteiger partial charge on any atom is 0.317 e. The van der Waals surface area contributed by atoms with Gasteiger partial charge in [-0.15, -0.1) is 0 Å². The summed E-state index contributed by atoms with van der Waals surface area (Å²) in [6.45, 7) is 11.3. The molecule has 0 aliphatic carbocycles. The minimum atomic E-state index is -0.836. The third-order valence-electron chi connectivity index (χ3n) is 3.87. The molecule has 1 aliphatic rings. The van der Waals surface area contributed by atoms with Crippen LogP contribution < -0.4 is 5.32 Å². The fourth-order valence-corrected chi connectivity index (χ4v) is 2.50. The van der Waals surface area contributed by atoms with Crippen LogP contribution in [-0.2, 0) is 4.79 Å². The molecule has 0 bridgehead atoms. The molecule has 1 aliphatic heterocycles. The number of hydrogen-bond acceptors (Lipinski definition) is 3. The van der Waals surface area contributed by atoms with Gasteiger partial charge in [-0.3, -0.25) is 9.69 Å². The molecule has 2 amide bonds. The molecule has 6 heteroatoms. The van der Waals surface area contributed by atoms with E-state index in [0.29, 0.717) is 19.0 Å². The molecule has 0 aromatic heterocycles. The smallest absolute Gasteiger partial charge is 0.317 e. The molecule has 1 unspecified atom stereocenters. The average molecular weight is 285 g/mol. The van der Waals surface area contributed by atoms with Crippen LogP contribution in [0, 0.1) is 0 Å². The van der Waals surface area contributed by atoms with Crippen LogP contribution in [0.5, 0.6) is 0 Å². The minimum absolute atomic E-state index is 0.0628. The number of carbonyl (C=O) groups excluding carboxylic acids is 1. The number of piperazine rings is 1. The summed E-state index contributed by atoms with van der Waals surface area (Å²) in [5.74, 6) is -0.836. The normalized spacial score (nSPS) is 20.8. The number of carboxylic acids is 1. The highest BCUT2D eigenvalue weighted by molar-refractivity contribution is 5.75. The summed E-state index contributed by atoms with van der Waals surface area (Å²) in [6.07, 6.45) is 0.492. The number of likely N-dealkylation sites (N-methyl/N-ethyl adjacent to an activating group) is 1. The van der Waals surface area contributed by atoms with Crippen LogP contribution in [0.3, 0.4) is 0 Å². The molecule has 116 valence electrons. The summed E-state index contributed by atoms with van der Waals surface area (Å²) >= 11 is 0. The summed E-state index contributed by atoms with van der Waals surface area (Å²) in [5, 5.41) is 11.7. The second-order valence-electron chi connectivity index (χ2n) is 6.13. The van der Waals surface area contributed by atoms with E-state index in [0.717, 1.165) is 19.6 Å². The van der Waals surface area contributed by atoms with Gasteiger partial charge in [-0.1, -0.05) is 6.92 Å². The zero-order chi connectivity index (χ0) is 15.3. The molecule has 1 rings (SSSR count). The van der Waals surface area contributed by atoms with Crippen LogP contribution >= 0.6 is 0 Å². The second kappa shape index (κ2) is 6.92. The van der Waals surface area contributed by atoms with Gasteiger partial charge >= 0.3 is 12.0 Å². The number of carbonyl (C=O) groups is 2. The highest BCUT2D eigenvalue weighted by Crippen LogP contribution is 2.14. The predicted octanol–water partition coefficient (Wildman–Crippen LogP) is 1.37. The van der Waals surface area contributed by atoms with Crippen molar-refractivity contribution in [3.05, 3.63) is 0 Å². The van der Waals surface area contributed by atoms with E-state index in [1.807, 2.05) is 18.7 Å². The van der Waals surface area contributed by atoms with Gasteiger partial charge in [0.1, 0.15) is 0 Å². The third kappa shape index (κ3) is 5.00. The van der Waals surface area contributed by atoms with E-state index in [-0.39, 0.29) is 12.5 Å². The van der Waals surface area contributed by atoms with E-state index < -0.39 is 11.5 Å². The van der Waals surface area contributed by atoms with Crippen molar-refractivity contribution < 1.29 is 14.7 Å². The van der Waals surface area contributed by atoms with Crippen molar-refractivity contribution in [2.45, 2.75) is 52.1 Å². The molecule has 0 spiro atoms. The lowest BCUT2D eigenvalue weighted by Gasteiger charge is -2.40. The van der Waals surface area contributed by atoms with Crippen molar-refractivity contribution in [1.82, 2.24) is 15.1 Å². The van der Waals surface area contributed by atoms with Gasteiger partial charge in [0, 0.05) is 37.6 Å². The Morgan fingerprint density at radius 3 is 2.50 bits per heavy atom. The van der Waals surface area contributed by atoms with Crippen LogP contribution in [0.2, 0.25) is 0 Å². The van der Waals surface area contributed by atoms with E-state index >= 15 is 0 Å². The number of urea groups is 1. The molecule has 6 nitrogen and oxygen atoms in total. The van der Waals surface area contributed by atoms with Gasteiger partial charge in [-0.2, -0.15) is 0 Å². The van der Waals surface area contributed by atoms with Crippen molar-refractivity contribution in [2.24, 2.45) is 0 Å². The first kappa shape index (κ1) is 16.8. The molecule has 1 heterocycles. The van der Waals surface area contributed by atoms with Crippen molar-refractivity contribution in [1.29, 1.82) is 0 Å². The van der Waals surface area contributed by atoms with Gasteiger partial charge in [0.25, 0.3) is 0 Å². The van der Waals surface area contributed by atoms with Gasteiger partial charge in [-0.25, -0.2) is 4.79 Å². The molecule has 1 fully saturated rings. The average Bonchev–Trinajstić information content (AvgIpc) is 2.36. The number of nitrogens with zero attached hydrogens (tertiary/aromatic N) is 2. The monoisotopic (exact) mass is 285 g/mol. The Labute approximate surface area is 121 Å². The summed E-state index contributed by atoms with van der Waals surface area (Å²) < 4.78 is 0. The molecule has 0 radical (unpaired) electrons. The van der Waals surface area contributed by atoms with Crippen molar-refractivity contribution >= 4 is 12.0 Å². The largest absolute Gasteiger partial charge is 0.481 e. The zero-order valence-corrected chi connectivity index (χ0v) is 13.0. The second-order valence-corrected chi connectivity index (χ2v) is 6.13. The number of carboxylic acid groups (broad SMARTS) is 1. The lowest BCUT2D eigenvalue weighted by Crippen LogP contribution is -2.58. The van der Waals surface area contributed by atoms with Crippen molar-refractivity contribution in [2.75, 3.05) is 26.2 Å². The van der Waals surface area contributed by atoms with Crippen LogP contribution in [0.25, 0.3) is 0 Å². The first-order chi connectivity index (χ1) is 9.25. The number of nitrogens with one attached hydrogen (secondary N) is 1. The molecular weight excluding hydrogens is 258 g/mol. The highest BCUT2D eigenvalue weighted by Gasteiger charge is 2.29. The first-order valence-electron chi connectivity index (χ1n) is 7.28. The molecular formula is C14H27N3O3. The Kier molecular flexibility index (Phi) is 5.80. The molecule has 0 saturated carbocycles. The van der Waals surface area contributed by atoms with Gasteiger partial charge in [0.15, 0.2) is 0 Å². The Morgan fingerprint density at radius 2 is 2.00 bits per heavy atom. The number of hydrogen-bond donors (Lipinski definition) is 2. The number of rotatable bonds is 5. The Hall–Kier alpha value is -1.30. The van der Waals surface area contributed by atoms with Gasteiger partial charge in [-0.05, 0) is 33.7 Å². The maximum atomic E-state index is 12.2. The minimum Gasteiger partial charge on any atom is -0.481 e. The molecule has 20 heavy (non-hydrogen) atoms. The number of aliphatic carboxylic acids is 1. The highest BCUT2D eigenvalue weighted by atomic mass is 16.4. The van der Waals surface area contributed by atoms with E-state index in [4.69, 9.17) is 5.11 Å². The summed E-state index contributed by atoms with van der Waals surface area (Å²) in [6, 6.07) is 0.268. The Morgan fingerprint density at radius 1 is 1.35 bits per heavy atom. The van der Waals surface area contributed by atoms with Gasteiger partial charge in [0.2, 0.25) is 0 Å². The van der Waals surface area contributed by atoms with Crippen LogP contribution in [-0.4, -0.2) is 64.7 Å². The quantitative estimate of drug-likeness (QED) is 0.800. The summed E-state index contributed by atoms with van der Waals surface area (Å²) in [7, 11) is 0. The van der Waals surface area contributed by atoms with Crippen LogP contribution in [0.4, 0.5) is 4.79 Å².